The van der Waals surface area contributed by atoms with Crippen LogP contribution in [0.3, 0.4) is 0 Å². The van der Waals surface area contributed by atoms with E-state index in [-0.39, 0.29) is 5.91 Å². The number of hydrogen-bond acceptors (Lipinski definition) is 2. The molecule has 1 rings (SSSR count). The molecule has 16 heavy (non-hydrogen) atoms. The second-order valence-electron chi connectivity index (χ2n) is 4.61. The lowest BCUT2D eigenvalue weighted by atomic mass is 10.1. The van der Waals surface area contributed by atoms with Gasteiger partial charge < -0.3 is 0 Å². The summed E-state index contributed by atoms with van der Waals surface area (Å²) in [5.74, 6) is -0.269. The molecule has 0 saturated carbocycles. The molecule has 0 heterocycles. The summed E-state index contributed by atoms with van der Waals surface area (Å²) in [4.78, 5) is 16.9. The zero-order chi connectivity index (χ0) is 12.3. The van der Waals surface area contributed by atoms with Gasteiger partial charge in [-0.1, -0.05) is 11.6 Å². The molecule has 0 bridgehead atoms. The molecule has 0 spiro atoms. The van der Waals surface area contributed by atoms with E-state index >= 15 is 0 Å². The average Bonchev–Trinajstić information content (AvgIpc) is 2.17. The standard InChI is InChI=1S/C12H16ClNO2/c1-8-7-9(5-6-10(8)13)11(15)14-16-12(2,3)4/h5-7H,1-4H3,(H,14,15). The summed E-state index contributed by atoms with van der Waals surface area (Å²) in [5.41, 5.74) is 3.40. The first-order chi connectivity index (χ1) is 7.29. The summed E-state index contributed by atoms with van der Waals surface area (Å²) in [6.45, 7) is 7.44. The van der Waals surface area contributed by atoms with Crippen molar-refractivity contribution >= 4 is 17.5 Å². The lowest BCUT2D eigenvalue weighted by Crippen LogP contribution is -2.33. The van der Waals surface area contributed by atoms with E-state index in [4.69, 9.17) is 16.4 Å². The van der Waals surface area contributed by atoms with Crippen molar-refractivity contribution < 1.29 is 9.63 Å². The third-order valence-corrected chi connectivity index (χ3v) is 2.29. The van der Waals surface area contributed by atoms with Gasteiger partial charge in [-0.15, -0.1) is 0 Å². The number of nitrogens with one attached hydrogen (secondary N) is 1. The fourth-order valence-corrected chi connectivity index (χ4v) is 1.16. The third kappa shape index (κ3) is 3.83. The molecule has 1 aromatic carbocycles. The Hall–Kier alpha value is -1.06. The summed E-state index contributed by atoms with van der Waals surface area (Å²) >= 11 is 5.87. The zero-order valence-corrected chi connectivity index (χ0v) is 10.7. The number of amides is 1. The predicted octanol–water partition coefficient (Wildman–Crippen LogP) is 3.11. The van der Waals surface area contributed by atoms with Gasteiger partial charge in [0.15, 0.2) is 0 Å². The van der Waals surface area contributed by atoms with Gasteiger partial charge >= 0.3 is 0 Å². The first-order valence-electron chi connectivity index (χ1n) is 5.04. The molecule has 1 amide bonds. The van der Waals surface area contributed by atoms with Gasteiger partial charge in [-0.25, -0.2) is 5.48 Å². The van der Waals surface area contributed by atoms with Crippen LogP contribution in [0.2, 0.25) is 5.02 Å². The van der Waals surface area contributed by atoms with Crippen LogP contribution in [0.1, 0.15) is 36.7 Å². The molecule has 4 heteroatoms. The minimum absolute atomic E-state index is 0.269. The minimum atomic E-state index is -0.406. The van der Waals surface area contributed by atoms with Crippen LogP contribution >= 0.6 is 11.6 Å². The van der Waals surface area contributed by atoms with E-state index < -0.39 is 5.60 Å². The highest BCUT2D eigenvalue weighted by Gasteiger charge is 2.14. The van der Waals surface area contributed by atoms with Gasteiger partial charge in [-0.3, -0.25) is 9.63 Å². The molecule has 0 atom stereocenters. The summed E-state index contributed by atoms with van der Waals surface area (Å²) in [7, 11) is 0. The molecule has 1 N–H and O–H groups in total. The molecule has 0 aliphatic rings. The Morgan fingerprint density at radius 1 is 1.38 bits per heavy atom. The number of rotatable bonds is 2. The summed E-state index contributed by atoms with van der Waals surface area (Å²) in [5, 5.41) is 0.647. The molecule has 1 aromatic rings. The zero-order valence-electron chi connectivity index (χ0n) is 9.93. The van der Waals surface area contributed by atoms with Crippen LogP contribution in [0.25, 0.3) is 0 Å². The van der Waals surface area contributed by atoms with Crippen molar-refractivity contribution in [1.29, 1.82) is 0 Å². The largest absolute Gasteiger partial charge is 0.274 e. The Bertz CT molecular complexity index is 396. The maximum absolute atomic E-state index is 11.7. The van der Waals surface area contributed by atoms with Gasteiger partial charge in [0.1, 0.15) is 0 Å². The highest BCUT2D eigenvalue weighted by Crippen LogP contribution is 2.16. The van der Waals surface area contributed by atoms with E-state index in [9.17, 15) is 4.79 Å². The molecule has 0 aliphatic carbocycles. The molecular weight excluding hydrogens is 226 g/mol. The van der Waals surface area contributed by atoms with Crippen molar-refractivity contribution in [3.8, 4) is 0 Å². The fourth-order valence-electron chi connectivity index (χ4n) is 1.04. The van der Waals surface area contributed by atoms with Gasteiger partial charge in [0.2, 0.25) is 0 Å². The van der Waals surface area contributed by atoms with E-state index in [1.54, 1.807) is 18.2 Å². The van der Waals surface area contributed by atoms with Crippen molar-refractivity contribution in [1.82, 2.24) is 5.48 Å². The van der Waals surface area contributed by atoms with E-state index in [1.165, 1.54) is 0 Å². The maximum Gasteiger partial charge on any atom is 0.274 e. The molecule has 0 fully saturated rings. The van der Waals surface area contributed by atoms with Crippen molar-refractivity contribution in [3.63, 3.8) is 0 Å². The van der Waals surface area contributed by atoms with Gasteiger partial charge in [0.25, 0.3) is 5.91 Å². The highest BCUT2D eigenvalue weighted by molar-refractivity contribution is 6.31. The quantitative estimate of drug-likeness (QED) is 0.808. The SMILES string of the molecule is Cc1cc(C(=O)NOC(C)(C)C)ccc1Cl. The monoisotopic (exact) mass is 241 g/mol. The third-order valence-electron chi connectivity index (χ3n) is 1.87. The molecule has 0 aromatic heterocycles. The number of halogens is 1. The van der Waals surface area contributed by atoms with Gasteiger partial charge in [0.05, 0.1) is 5.60 Å². The van der Waals surface area contributed by atoms with E-state index in [1.807, 2.05) is 27.7 Å². The number of aryl methyl sites for hydroxylation is 1. The molecule has 0 aliphatic heterocycles. The second-order valence-corrected chi connectivity index (χ2v) is 5.02. The van der Waals surface area contributed by atoms with Crippen LogP contribution in [0.4, 0.5) is 0 Å². The van der Waals surface area contributed by atoms with E-state index in [0.29, 0.717) is 10.6 Å². The number of hydrogen-bond donors (Lipinski definition) is 1. The molecule has 0 unspecified atom stereocenters. The lowest BCUT2D eigenvalue weighted by Gasteiger charge is -2.19. The molecule has 3 nitrogen and oxygen atoms in total. The first kappa shape index (κ1) is 13.0. The van der Waals surface area contributed by atoms with Crippen molar-refractivity contribution in [2.45, 2.75) is 33.3 Å². The van der Waals surface area contributed by atoms with Crippen LogP contribution in [-0.2, 0) is 4.84 Å². The van der Waals surface area contributed by atoms with Crippen LogP contribution < -0.4 is 5.48 Å². The van der Waals surface area contributed by atoms with Crippen LogP contribution in [0.15, 0.2) is 18.2 Å². The Kier molecular flexibility index (Phi) is 3.94. The Morgan fingerprint density at radius 3 is 2.50 bits per heavy atom. The number of carbonyl (C=O) groups excluding carboxylic acids is 1. The van der Waals surface area contributed by atoms with Gasteiger partial charge in [-0.2, -0.15) is 0 Å². The summed E-state index contributed by atoms with van der Waals surface area (Å²) < 4.78 is 0. The topological polar surface area (TPSA) is 38.3 Å². The molecule has 88 valence electrons. The van der Waals surface area contributed by atoms with Gasteiger partial charge in [0, 0.05) is 10.6 Å². The maximum atomic E-state index is 11.7. The number of carbonyl (C=O) groups is 1. The Labute approximate surface area is 101 Å². The Balaban J connectivity index is 2.70. The van der Waals surface area contributed by atoms with Crippen LogP contribution in [0, 0.1) is 6.92 Å². The average molecular weight is 242 g/mol. The fraction of sp³-hybridized carbons (Fsp3) is 0.417. The molecule has 0 radical (unpaired) electrons. The summed E-state index contributed by atoms with van der Waals surface area (Å²) in [6.07, 6.45) is 0. The first-order valence-corrected chi connectivity index (χ1v) is 5.42. The van der Waals surface area contributed by atoms with Gasteiger partial charge in [-0.05, 0) is 51.5 Å². The van der Waals surface area contributed by atoms with Crippen molar-refractivity contribution in [2.75, 3.05) is 0 Å². The second kappa shape index (κ2) is 4.85. The van der Waals surface area contributed by atoms with Crippen LogP contribution in [0.5, 0.6) is 0 Å². The minimum Gasteiger partial charge on any atom is -0.268 e. The van der Waals surface area contributed by atoms with Crippen molar-refractivity contribution in [3.05, 3.63) is 34.3 Å². The highest BCUT2D eigenvalue weighted by atomic mass is 35.5. The molecule has 0 saturated heterocycles. The smallest absolute Gasteiger partial charge is 0.268 e. The lowest BCUT2D eigenvalue weighted by molar-refractivity contribution is -0.0589. The van der Waals surface area contributed by atoms with E-state index in [0.717, 1.165) is 5.56 Å². The number of benzene rings is 1. The van der Waals surface area contributed by atoms with Crippen molar-refractivity contribution in [2.24, 2.45) is 0 Å². The summed E-state index contributed by atoms with van der Waals surface area (Å²) in [6, 6.07) is 5.09. The normalized spacial score (nSPS) is 11.3. The predicted molar refractivity (Wildman–Crippen MR) is 64.5 cm³/mol. The number of hydroxylamine groups is 1. The Morgan fingerprint density at radius 2 is 2.00 bits per heavy atom. The van der Waals surface area contributed by atoms with Crippen LogP contribution in [-0.4, -0.2) is 11.5 Å². The van der Waals surface area contributed by atoms with E-state index in [2.05, 4.69) is 5.48 Å². The molecular formula is C12H16ClNO2.